The average molecular weight is 398 g/mol. The number of nitrogens with zero attached hydrogens (tertiary/aromatic N) is 1. The van der Waals surface area contributed by atoms with Crippen LogP contribution in [0.1, 0.15) is 16.1 Å². The Kier molecular flexibility index (Phi) is 6.01. The molecule has 1 amide bonds. The summed E-state index contributed by atoms with van der Waals surface area (Å²) in [6.07, 6.45) is 1.60. The van der Waals surface area contributed by atoms with Gasteiger partial charge in [-0.2, -0.15) is 0 Å². The highest BCUT2D eigenvalue weighted by Gasteiger charge is 2.10. The summed E-state index contributed by atoms with van der Waals surface area (Å²) in [7, 11) is 3.17. The van der Waals surface area contributed by atoms with E-state index in [2.05, 4.69) is 15.6 Å². The summed E-state index contributed by atoms with van der Waals surface area (Å²) in [5.41, 5.74) is 3.45. The molecule has 1 heterocycles. The molecule has 0 radical (unpaired) electrons. The summed E-state index contributed by atoms with van der Waals surface area (Å²) in [4.78, 5) is 16.7. The molecule has 0 fully saturated rings. The minimum absolute atomic E-state index is 0.289. The number of ether oxygens (including phenoxy) is 2. The molecule has 0 aliphatic carbocycles. The average Bonchev–Trinajstić information content (AvgIpc) is 2.70. The number of carbonyl (C=O) groups excluding carboxylic acids is 1. The van der Waals surface area contributed by atoms with Crippen molar-refractivity contribution in [3.63, 3.8) is 0 Å². The molecule has 0 spiro atoms. The Hall–Kier alpha value is -3.25. The Labute approximate surface area is 168 Å². The van der Waals surface area contributed by atoms with Crippen LogP contribution in [0.3, 0.4) is 0 Å². The lowest BCUT2D eigenvalue weighted by Gasteiger charge is -2.12. The number of hydrogen-bond donors (Lipinski definition) is 2. The number of aromatic nitrogens is 1. The number of benzene rings is 2. The second-order valence-corrected chi connectivity index (χ2v) is 6.48. The van der Waals surface area contributed by atoms with E-state index < -0.39 is 0 Å². The van der Waals surface area contributed by atoms with Gasteiger partial charge in [0.1, 0.15) is 5.69 Å². The van der Waals surface area contributed by atoms with E-state index >= 15 is 0 Å². The van der Waals surface area contributed by atoms with Crippen molar-refractivity contribution in [1.82, 2.24) is 4.98 Å². The quantitative estimate of drug-likeness (QED) is 0.608. The van der Waals surface area contributed by atoms with E-state index in [1.807, 2.05) is 25.1 Å². The van der Waals surface area contributed by atoms with Crippen LogP contribution < -0.4 is 20.1 Å². The van der Waals surface area contributed by atoms with Crippen molar-refractivity contribution < 1.29 is 14.3 Å². The number of rotatable bonds is 6. The van der Waals surface area contributed by atoms with Crippen LogP contribution in [-0.2, 0) is 0 Å². The predicted molar refractivity (Wildman–Crippen MR) is 111 cm³/mol. The molecule has 0 unspecified atom stereocenters. The first kappa shape index (κ1) is 19.5. The topological polar surface area (TPSA) is 72.5 Å². The van der Waals surface area contributed by atoms with Crippen molar-refractivity contribution in [2.24, 2.45) is 0 Å². The summed E-state index contributed by atoms with van der Waals surface area (Å²) < 4.78 is 10.5. The van der Waals surface area contributed by atoms with Gasteiger partial charge in [0.05, 0.1) is 26.1 Å². The summed E-state index contributed by atoms with van der Waals surface area (Å²) in [5.74, 6) is 0.980. The third-order valence-corrected chi connectivity index (χ3v) is 4.34. The van der Waals surface area contributed by atoms with Crippen LogP contribution >= 0.6 is 11.6 Å². The second kappa shape index (κ2) is 8.63. The molecule has 7 heteroatoms. The van der Waals surface area contributed by atoms with E-state index in [0.29, 0.717) is 27.9 Å². The zero-order chi connectivity index (χ0) is 20.1. The first-order valence-electron chi connectivity index (χ1n) is 8.53. The van der Waals surface area contributed by atoms with E-state index in [9.17, 15) is 4.79 Å². The molecule has 0 aliphatic heterocycles. The number of amides is 1. The Morgan fingerprint density at radius 3 is 2.36 bits per heavy atom. The van der Waals surface area contributed by atoms with E-state index in [-0.39, 0.29) is 5.91 Å². The number of halogens is 1. The highest BCUT2D eigenvalue weighted by atomic mass is 35.5. The number of carbonyl (C=O) groups is 1. The second-order valence-electron chi connectivity index (χ2n) is 6.04. The largest absolute Gasteiger partial charge is 0.493 e. The first-order valence-corrected chi connectivity index (χ1v) is 8.90. The molecule has 0 atom stereocenters. The lowest BCUT2D eigenvalue weighted by Crippen LogP contribution is -2.14. The van der Waals surface area contributed by atoms with Crippen molar-refractivity contribution in [3.05, 3.63) is 71.0 Å². The van der Waals surface area contributed by atoms with Gasteiger partial charge >= 0.3 is 0 Å². The number of hydrogen-bond acceptors (Lipinski definition) is 5. The minimum atomic E-state index is -0.289. The molecule has 3 aromatic rings. The maximum atomic E-state index is 12.4. The zero-order valence-electron chi connectivity index (χ0n) is 15.7. The van der Waals surface area contributed by atoms with Crippen molar-refractivity contribution >= 4 is 34.6 Å². The van der Waals surface area contributed by atoms with Crippen LogP contribution in [0.15, 0.2) is 54.7 Å². The summed E-state index contributed by atoms with van der Waals surface area (Å²) in [6.45, 7) is 1.88. The van der Waals surface area contributed by atoms with Gasteiger partial charge in [0.2, 0.25) is 0 Å². The van der Waals surface area contributed by atoms with Gasteiger partial charge in [-0.15, -0.1) is 0 Å². The smallest absolute Gasteiger partial charge is 0.274 e. The van der Waals surface area contributed by atoms with E-state index in [1.165, 1.54) is 0 Å². The SMILES string of the molecule is COc1ccc(Nc2ccc(C(=O)Nc3ccc(Cl)cc3C)nc2)cc1OC. The lowest BCUT2D eigenvalue weighted by atomic mass is 10.2. The zero-order valence-corrected chi connectivity index (χ0v) is 16.5. The standard InChI is InChI=1S/C21H20ClN3O3/c1-13-10-14(22)4-7-17(13)25-21(26)18-8-5-16(12-23-18)24-15-6-9-19(27-2)20(11-15)28-3/h4-12,24H,1-3H3,(H,25,26). The van der Waals surface area contributed by atoms with Crippen LogP contribution in [0, 0.1) is 6.92 Å². The van der Waals surface area contributed by atoms with Crippen LogP contribution in [0.4, 0.5) is 17.1 Å². The molecule has 28 heavy (non-hydrogen) atoms. The summed E-state index contributed by atoms with van der Waals surface area (Å²) in [5, 5.41) is 6.68. The number of anilines is 3. The Bertz CT molecular complexity index is 991. The fourth-order valence-electron chi connectivity index (χ4n) is 2.64. The van der Waals surface area contributed by atoms with Crippen LogP contribution in [0.25, 0.3) is 0 Å². The van der Waals surface area contributed by atoms with E-state index in [1.54, 1.807) is 50.7 Å². The molecule has 3 rings (SSSR count). The van der Waals surface area contributed by atoms with Crippen molar-refractivity contribution in [2.75, 3.05) is 24.9 Å². The molecule has 0 saturated carbocycles. The van der Waals surface area contributed by atoms with E-state index in [0.717, 1.165) is 16.9 Å². The number of nitrogens with one attached hydrogen (secondary N) is 2. The van der Waals surface area contributed by atoms with Gasteiger partial charge in [0.15, 0.2) is 11.5 Å². The maximum Gasteiger partial charge on any atom is 0.274 e. The van der Waals surface area contributed by atoms with Gasteiger partial charge in [-0.05, 0) is 55.0 Å². The molecule has 2 N–H and O–H groups in total. The Morgan fingerprint density at radius 2 is 1.71 bits per heavy atom. The van der Waals surface area contributed by atoms with Gasteiger partial charge < -0.3 is 20.1 Å². The fourth-order valence-corrected chi connectivity index (χ4v) is 2.86. The van der Waals surface area contributed by atoms with Gasteiger partial charge in [-0.3, -0.25) is 4.79 Å². The molecule has 0 saturated heterocycles. The molecule has 1 aromatic heterocycles. The molecular formula is C21H20ClN3O3. The molecule has 2 aromatic carbocycles. The third-order valence-electron chi connectivity index (χ3n) is 4.10. The molecular weight excluding hydrogens is 378 g/mol. The monoisotopic (exact) mass is 397 g/mol. The normalized spacial score (nSPS) is 10.3. The van der Waals surface area contributed by atoms with Crippen molar-refractivity contribution in [3.8, 4) is 11.5 Å². The minimum Gasteiger partial charge on any atom is -0.493 e. The molecule has 144 valence electrons. The molecule has 0 bridgehead atoms. The van der Waals surface area contributed by atoms with Gasteiger partial charge in [0, 0.05) is 22.5 Å². The third kappa shape index (κ3) is 4.53. The highest BCUT2D eigenvalue weighted by molar-refractivity contribution is 6.30. The van der Waals surface area contributed by atoms with Crippen LogP contribution in [0.2, 0.25) is 5.02 Å². The highest BCUT2D eigenvalue weighted by Crippen LogP contribution is 2.31. The predicted octanol–water partition coefficient (Wildman–Crippen LogP) is 5.06. The van der Waals surface area contributed by atoms with E-state index in [4.69, 9.17) is 21.1 Å². The van der Waals surface area contributed by atoms with Crippen LogP contribution in [0.5, 0.6) is 11.5 Å². The fraction of sp³-hybridized carbons (Fsp3) is 0.143. The van der Waals surface area contributed by atoms with Gasteiger partial charge in [-0.1, -0.05) is 11.6 Å². The number of methoxy groups -OCH3 is 2. The van der Waals surface area contributed by atoms with Crippen molar-refractivity contribution in [2.45, 2.75) is 6.92 Å². The first-order chi connectivity index (χ1) is 13.5. The van der Waals surface area contributed by atoms with Gasteiger partial charge in [-0.25, -0.2) is 4.98 Å². The summed E-state index contributed by atoms with van der Waals surface area (Å²) in [6, 6.07) is 14.2. The number of pyridine rings is 1. The lowest BCUT2D eigenvalue weighted by molar-refractivity contribution is 0.102. The maximum absolute atomic E-state index is 12.4. The number of aryl methyl sites for hydroxylation is 1. The van der Waals surface area contributed by atoms with Crippen LogP contribution in [-0.4, -0.2) is 25.1 Å². The molecule has 6 nitrogen and oxygen atoms in total. The Morgan fingerprint density at radius 1 is 0.964 bits per heavy atom. The molecule has 0 aliphatic rings. The Balaban J connectivity index is 1.70. The van der Waals surface area contributed by atoms with Gasteiger partial charge in [0.25, 0.3) is 5.91 Å². The summed E-state index contributed by atoms with van der Waals surface area (Å²) >= 11 is 5.94. The van der Waals surface area contributed by atoms with Crippen molar-refractivity contribution in [1.29, 1.82) is 0 Å².